The van der Waals surface area contributed by atoms with Gasteiger partial charge in [0.25, 0.3) is 0 Å². The van der Waals surface area contributed by atoms with Gasteiger partial charge in [-0.05, 0) is 11.5 Å². The SMILES string of the molecule is C1=C[C@H]2O[C@@H]1[C@@H]1CSC[C@@H]12. The maximum atomic E-state index is 5.71. The van der Waals surface area contributed by atoms with E-state index in [9.17, 15) is 0 Å². The minimum absolute atomic E-state index is 0.491. The molecule has 0 radical (unpaired) electrons. The quantitative estimate of drug-likeness (QED) is 0.486. The van der Waals surface area contributed by atoms with Gasteiger partial charge in [-0.3, -0.25) is 0 Å². The van der Waals surface area contributed by atoms with Gasteiger partial charge in [0.2, 0.25) is 0 Å². The normalized spacial score (nSPS) is 56.0. The maximum Gasteiger partial charge on any atom is 0.0805 e. The lowest BCUT2D eigenvalue weighted by atomic mass is 9.86. The van der Waals surface area contributed by atoms with Crippen molar-refractivity contribution < 1.29 is 4.74 Å². The molecule has 0 aromatic carbocycles. The molecule has 1 nitrogen and oxygen atoms in total. The van der Waals surface area contributed by atoms with Gasteiger partial charge < -0.3 is 4.74 Å². The molecule has 2 fully saturated rings. The molecular weight excluding hydrogens is 144 g/mol. The van der Waals surface area contributed by atoms with Crippen LogP contribution in [-0.2, 0) is 4.74 Å². The van der Waals surface area contributed by atoms with E-state index in [1.807, 2.05) is 0 Å². The third kappa shape index (κ3) is 0.547. The molecule has 0 aromatic heterocycles. The lowest BCUT2D eigenvalue weighted by Crippen LogP contribution is -2.21. The van der Waals surface area contributed by atoms with Gasteiger partial charge in [0.05, 0.1) is 12.2 Å². The summed E-state index contributed by atoms with van der Waals surface area (Å²) in [5, 5.41) is 0. The molecule has 0 saturated carbocycles. The molecular formula is C8H10OS. The number of thioether (sulfide) groups is 1. The number of ether oxygens (including phenoxy) is 1. The number of fused-ring (bicyclic) bond motifs is 5. The molecule has 0 aliphatic carbocycles. The molecule has 3 aliphatic heterocycles. The first-order chi connectivity index (χ1) is 4.95. The average Bonchev–Trinajstić information content (AvgIpc) is 2.60. The lowest BCUT2D eigenvalue weighted by molar-refractivity contribution is 0.105. The summed E-state index contributed by atoms with van der Waals surface area (Å²) in [6.07, 6.45) is 5.48. The Morgan fingerprint density at radius 1 is 1.10 bits per heavy atom. The summed E-state index contributed by atoms with van der Waals surface area (Å²) in [7, 11) is 0. The first kappa shape index (κ1) is 5.67. The highest BCUT2D eigenvalue weighted by molar-refractivity contribution is 7.99. The summed E-state index contributed by atoms with van der Waals surface area (Å²) in [5.74, 6) is 4.38. The fraction of sp³-hybridized carbons (Fsp3) is 0.750. The molecule has 3 heterocycles. The van der Waals surface area contributed by atoms with Crippen LogP contribution < -0.4 is 0 Å². The van der Waals surface area contributed by atoms with E-state index < -0.39 is 0 Å². The van der Waals surface area contributed by atoms with E-state index in [2.05, 4.69) is 23.9 Å². The smallest absolute Gasteiger partial charge is 0.0805 e. The minimum atomic E-state index is 0.491. The Labute approximate surface area is 64.8 Å². The van der Waals surface area contributed by atoms with Crippen molar-refractivity contribution in [1.82, 2.24) is 0 Å². The van der Waals surface area contributed by atoms with Crippen LogP contribution in [0, 0.1) is 11.8 Å². The predicted octanol–water partition coefficient (Wildman–Crippen LogP) is 1.30. The third-order valence-electron chi connectivity index (χ3n) is 2.82. The molecule has 0 aromatic rings. The molecule has 2 saturated heterocycles. The maximum absolute atomic E-state index is 5.71. The highest BCUT2D eigenvalue weighted by atomic mass is 32.2. The first-order valence-corrected chi connectivity index (χ1v) is 5.02. The Bertz CT molecular complexity index is 172. The molecule has 3 rings (SSSR count). The van der Waals surface area contributed by atoms with Crippen molar-refractivity contribution in [2.24, 2.45) is 11.8 Å². The van der Waals surface area contributed by atoms with Gasteiger partial charge in [0.15, 0.2) is 0 Å². The minimum Gasteiger partial charge on any atom is -0.366 e. The molecule has 54 valence electrons. The van der Waals surface area contributed by atoms with E-state index in [0.717, 1.165) is 11.8 Å². The zero-order valence-electron chi connectivity index (χ0n) is 5.69. The largest absolute Gasteiger partial charge is 0.366 e. The van der Waals surface area contributed by atoms with E-state index >= 15 is 0 Å². The lowest BCUT2D eigenvalue weighted by Gasteiger charge is -2.14. The average molecular weight is 154 g/mol. The molecule has 2 heteroatoms. The Morgan fingerprint density at radius 3 is 2.30 bits per heavy atom. The van der Waals surface area contributed by atoms with Gasteiger partial charge >= 0.3 is 0 Å². The molecule has 10 heavy (non-hydrogen) atoms. The summed E-state index contributed by atoms with van der Waals surface area (Å²) in [5.41, 5.74) is 0. The van der Waals surface area contributed by atoms with Crippen LogP contribution in [0.1, 0.15) is 0 Å². The number of hydrogen-bond acceptors (Lipinski definition) is 2. The second-order valence-corrected chi connectivity index (χ2v) is 4.39. The summed E-state index contributed by atoms with van der Waals surface area (Å²) in [6.45, 7) is 0. The summed E-state index contributed by atoms with van der Waals surface area (Å²) < 4.78 is 5.71. The van der Waals surface area contributed by atoms with E-state index in [0.29, 0.717) is 12.2 Å². The summed E-state index contributed by atoms with van der Waals surface area (Å²) in [6, 6.07) is 0. The van der Waals surface area contributed by atoms with Gasteiger partial charge in [-0.1, -0.05) is 12.2 Å². The van der Waals surface area contributed by atoms with Crippen molar-refractivity contribution in [1.29, 1.82) is 0 Å². The van der Waals surface area contributed by atoms with E-state index in [1.54, 1.807) is 0 Å². The Hall–Kier alpha value is 0.0500. The zero-order chi connectivity index (χ0) is 6.55. The van der Waals surface area contributed by atoms with E-state index in [4.69, 9.17) is 4.74 Å². The highest BCUT2D eigenvalue weighted by Gasteiger charge is 2.48. The van der Waals surface area contributed by atoms with E-state index in [1.165, 1.54) is 11.5 Å². The van der Waals surface area contributed by atoms with E-state index in [-0.39, 0.29) is 0 Å². The second kappa shape index (κ2) is 1.80. The molecule has 0 spiro atoms. The number of rotatable bonds is 0. The summed E-state index contributed by atoms with van der Waals surface area (Å²) in [4.78, 5) is 0. The Balaban J connectivity index is 1.99. The molecule has 0 amide bonds. The molecule has 3 aliphatic rings. The van der Waals surface area contributed by atoms with Crippen molar-refractivity contribution in [2.75, 3.05) is 11.5 Å². The van der Waals surface area contributed by atoms with Crippen LogP contribution in [0.3, 0.4) is 0 Å². The molecule has 4 atom stereocenters. The van der Waals surface area contributed by atoms with Crippen LogP contribution in [0.4, 0.5) is 0 Å². The van der Waals surface area contributed by atoms with Crippen molar-refractivity contribution in [3.05, 3.63) is 12.2 Å². The van der Waals surface area contributed by atoms with Crippen molar-refractivity contribution >= 4 is 11.8 Å². The van der Waals surface area contributed by atoms with Gasteiger partial charge in [0.1, 0.15) is 0 Å². The van der Waals surface area contributed by atoms with Gasteiger partial charge in [-0.2, -0.15) is 11.8 Å². The third-order valence-corrected chi connectivity index (χ3v) is 4.06. The monoisotopic (exact) mass is 154 g/mol. The fourth-order valence-corrected chi connectivity index (χ4v) is 3.80. The molecule has 2 bridgehead atoms. The van der Waals surface area contributed by atoms with Crippen LogP contribution in [-0.4, -0.2) is 23.7 Å². The summed E-state index contributed by atoms with van der Waals surface area (Å²) >= 11 is 2.09. The van der Waals surface area contributed by atoms with Gasteiger partial charge in [-0.15, -0.1) is 0 Å². The van der Waals surface area contributed by atoms with Crippen molar-refractivity contribution in [2.45, 2.75) is 12.2 Å². The Kier molecular flexibility index (Phi) is 1.02. The topological polar surface area (TPSA) is 9.23 Å². The predicted molar refractivity (Wildman–Crippen MR) is 42.1 cm³/mol. The van der Waals surface area contributed by atoms with Crippen molar-refractivity contribution in [3.8, 4) is 0 Å². The Morgan fingerprint density at radius 2 is 1.70 bits per heavy atom. The number of hydrogen-bond donors (Lipinski definition) is 0. The van der Waals surface area contributed by atoms with Crippen molar-refractivity contribution in [3.63, 3.8) is 0 Å². The second-order valence-electron chi connectivity index (χ2n) is 3.32. The van der Waals surface area contributed by atoms with Gasteiger partial charge in [0, 0.05) is 11.8 Å². The van der Waals surface area contributed by atoms with Crippen LogP contribution in [0.15, 0.2) is 12.2 Å². The molecule has 0 N–H and O–H groups in total. The highest BCUT2D eigenvalue weighted by Crippen LogP contribution is 2.46. The standard InChI is InChI=1S/C8H10OS/c1-2-8-6-4-10-3-5(6)7(1)9-8/h1-2,5-8H,3-4H2/t5-,6+,7+,8-. The first-order valence-electron chi connectivity index (χ1n) is 3.87. The fourth-order valence-electron chi connectivity index (χ4n) is 2.24. The zero-order valence-corrected chi connectivity index (χ0v) is 6.51. The van der Waals surface area contributed by atoms with Gasteiger partial charge in [-0.25, -0.2) is 0 Å². The van der Waals surface area contributed by atoms with Crippen LogP contribution in [0.2, 0.25) is 0 Å². The molecule has 0 unspecified atom stereocenters. The van der Waals surface area contributed by atoms with Crippen LogP contribution in [0.25, 0.3) is 0 Å². The van der Waals surface area contributed by atoms with Crippen LogP contribution in [0.5, 0.6) is 0 Å². The van der Waals surface area contributed by atoms with Crippen LogP contribution >= 0.6 is 11.8 Å².